The van der Waals surface area contributed by atoms with Gasteiger partial charge in [0.05, 0.1) is 0 Å². The molecule has 7 nitrogen and oxygen atoms in total. The Balaban J connectivity index is 2.57. The van der Waals surface area contributed by atoms with E-state index in [-0.39, 0.29) is 0 Å². The Kier molecular flexibility index (Phi) is 5.12. The molecule has 1 heterocycles. The van der Waals surface area contributed by atoms with E-state index < -0.39 is 11.8 Å². The van der Waals surface area contributed by atoms with Crippen molar-refractivity contribution in [3.63, 3.8) is 0 Å². The average molecular weight is 239 g/mol. The van der Waals surface area contributed by atoms with Gasteiger partial charge < -0.3 is 4.90 Å². The van der Waals surface area contributed by atoms with Crippen LogP contribution in [0.4, 0.5) is 0 Å². The number of carbonyl (C=O) groups is 2. The van der Waals surface area contributed by atoms with Crippen molar-refractivity contribution in [2.75, 3.05) is 18.5 Å². The summed E-state index contributed by atoms with van der Waals surface area (Å²) in [4.78, 5) is 25.0. The molecule has 0 aromatic carbocycles. The van der Waals surface area contributed by atoms with Crippen LogP contribution in [0.15, 0.2) is 12.7 Å². The second-order valence-electron chi connectivity index (χ2n) is 3.60. The molecule has 94 valence electrons. The fourth-order valence-electron chi connectivity index (χ4n) is 1.42. The Bertz CT molecular complexity index is 357. The van der Waals surface area contributed by atoms with Gasteiger partial charge in [-0.05, 0) is 12.8 Å². The van der Waals surface area contributed by atoms with Crippen molar-refractivity contribution in [1.29, 1.82) is 0 Å². The summed E-state index contributed by atoms with van der Waals surface area (Å²) in [5, 5.41) is 7.05. The van der Waals surface area contributed by atoms with Crippen LogP contribution in [0.3, 0.4) is 0 Å². The van der Waals surface area contributed by atoms with Gasteiger partial charge in [0.25, 0.3) is 0 Å². The number of nitrogens with zero attached hydrogens (tertiary/aromatic N) is 4. The first-order valence-electron chi connectivity index (χ1n) is 5.63. The second-order valence-corrected chi connectivity index (χ2v) is 3.60. The number of carbonyl (C=O) groups excluding carboxylic acids is 2. The number of amides is 2. The van der Waals surface area contributed by atoms with Gasteiger partial charge in [-0.1, -0.05) is 13.8 Å². The highest BCUT2D eigenvalue weighted by molar-refractivity contribution is 6.38. The lowest BCUT2D eigenvalue weighted by atomic mass is 10.3. The molecule has 0 aliphatic rings. The maximum Gasteiger partial charge on any atom is 0.328 e. The number of hydrogen-bond donors (Lipinski definition) is 1. The molecule has 0 atom stereocenters. The lowest BCUT2D eigenvalue weighted by Crippen LogP contribution is -2.42. The number of nitrogens with one attached hydrogen (secondary N) is 1. The minimum atomic E-state index is -0.674. The molecule has 2 amide bonds. The molecule has 1 rings (SSSR count). The first-order chi connectivity index (χ1) is 8.19. The van der Waals surface area contributed by atoms with Crippen LogP contribution in [-0.4, -0.2) is 44.7 Å². The van der Waals surface area contributed by atoms with Crippen LogP contribution < -0.4 is 5.43 Å². The van der Waals surface area contributed by atoms with Crippen molar-refractivity contribution in [3.8, 4) is 0 Å². The molecular weight excluding hydrogens is 222 g/mol. The molecule has 17 heavy (non-hydrogen) atoms. The summed E-state index contributed by atoms with van der Waals surface area (Å²) in [6, 6.07) is 0. The minimum Gasteiger partial charge on any atom is -0.334 e. The van der Waals surface area contributed by atoms with Crippen LogP contribution in [0.2, 0.25) is 0 Å². The smallest absolute Gasteiger partial charge is 0.328 e. The van der Waals surface area contributed by atoms with Crippen molar-refractivity contribution in [3.05, 3.63) is 12.7 Å². The third-order valence-corrected chi connectivity index (χ3v) is 2.12. The summed E-state index contributed by atoms with van der Waals surface area (Å²) < 4.78 is 1.25. The summed E-state index contributed by atoms with van der Waals surface area (Å²) >= 11 is 0. The molecule has 0 spiro atoms. The lowest BCUT2D eigenvalue weighted by molar-refractivity contribution is -0.143. The molecule has 7 heteroatoms. The first-order valence-corrected chi connectivity index (χ1v) is 5.63. The topological polar surface area (TPSA) is 80.1 Å². The fourth-order valence-corrected chi connectivity index (χ4v) is 1.42. The monoisotopic (exact) mass is 239 g/mol. The molecule has 1 N–H and O–H groups in total. The summed E-state index contributed by atoms with van der Waals surface area (Å²) in [7, 11) is 0. The third-order valence-electron chi connectivity index (χ3n) is 2.12. The zero-order valence-electron chi connectivity index (χ0n) is 10.1. The van der Waals surface area contributed by atoms with Crippen LogP contribution in [-0.2, 0) is 9.59 Å². The molecule has 1 aromatic rings. The van der Waals surface area contributed by atoms with Crippen LogP contribution in [0, 0.1) is 0 Å². The van der Waals surface area contributed by atoms with Gasteiger partial charge in [0.1, 0.15) is 12.7 Å². The van der Waals surface area contributed by atoms with Gasteiger partial charge in [-0.3, -0.25) is 15.0 Å². The molecule has 1 aromatic heterocycles. The van der Waals surface area contributed by atoms with E-state index in [2.05, 4.69) is 15.6 Å². The van der Waals surface area contributed by atoms with Crippen molar-refractivity contribution in [2.45, 2.75) is 26.7 Å². The maximum atomic E-state index is 11.8. The first kappa shape index (κ1) is 13.1. The van der Waals surface area contributed by atoms with Gasteiger partial charge >= 0.3 is 11.8 Å². The molecular formula is C10H17N5O2. The molecule has 0 saturated heterocycles. The maximum absolute atomic E-state index is 11.8. The van der Waals surface area contributed by atoms with Crippen LogP contribution in [0.25, 0.3) is 0 Å². The van der Waals surface area contributed by atoms with Crippen molar-refractivity contribution < 1.29 is 9.59 Å². The molecule has 0 saturated carbocycles. The van der Waals surface area contributed by atoms with E-state index in [1.807, 2.05) is 13.8 Å². The van der Waals surface area contributed by atoms with Gasteiger partial charge in [0.2, 0.25) is 0 Å². The van der Waals surface area contributed by atoms with E-state index in [1.165, 1.54) is 17.3 Å². The fraction of sp³-hybridized carbons (Fsp3) is 0.600. The van der Waals surface area contributed by atoms with Gasteiger partial charge in [-0.15, -0.1) is 10.2 Å². The van der Waals surface area contributed by atoms with E-state index in [9.17, 15) is 9.59 Å². The van der Waals surface area contributed by atoms with E-state index in [0.717, 1.165) is 12.8 Å². The number of rotatable bonds is 5. The van der Waals surface area contributed by atoms with Crippen molar-refractivity contribution >= 4 is 11.8 Å². The Morgan fingerprint density at radius 1 is 1.18 bits per heavy atom. The molecule has 0 aliphatic heterocycles. The molecule has 0 fully saturated rings. The van der Waals surface area contributed by atoms with E-state index in [0.29, 0.717) is 13.1 Å². The summed E-state index contributed by atoms with van der Waals surface area (Å²) in [6.45, 7) is 5.10. The van der Waals surface area contributed by atoms with E-state index >= 15 is 0 Å². The largest absolute Gasteiger partial charge is 0.334 e. The Morgan fingerprint density at radius 2 is 1.71 bits per heavy atom. The number of aromatic nitrogens is 3. The highest BCUT2D eigenvalue weighted by Crippen LogP contribution is 1.96. The van der Waals surface area contributed by atoms with Crippen molar-refractivity contribution in [1.82, 2.24) is 19.8 Å². The SMILES string of the molecule is CCCN(CCC)C(=O)C(=O)Nn1cnnc1. The molecule has 0 aliphatic carbocycles. The highest BCUT2D eigenvalue weighted by Gasteiger charge is 2.20. The standard InChI is InChI=1S/C10H17N5O2/c1-3-5-14(6-4-2)10(17)9(16)13-15-7-11-12-8-15/h7-8H,3-6H2,1-2H3,(H,13,16). The van der Waals surface area contributed by atoms with E-state index in [1.54, 1.807) is 4.90 Å². The number of hydrogen-bond acceptors (Lipinski definition) is 4. The zero-order chi connectivity index (χ0) is 12.7. The van der Waals surface area contributed by atoms with Gasteiger partial charge in [-0.25, -0.2) is 4.68 Å². The second kappa shape index (κ2) is 6.62. The Hall–Kier alpha value is -1.92. The zero-order valence-corrected chi connectivity index (χ0v) is 10.1. The average Bonchev–Trinajstić information content (AvgIpc) is 2.80. The summed E-state index contributed by atoms with van der Waals surface area (Å²) in [5.74, 6) is -1.20. The summed E-state index contributed by atoms with van der Waals surface area (Å²) in [6.07, 6.45) is 4.28. The van der Waals surface area contributed by atoms with E-state index in [4.69, 9.17) is 0 Å². The van der Waals surface area contributed by atoms with Gasteiger partial charge in [0, 0.05) is 13.1 Å². The normalized spacial score (nSPS) is 10.0. The van der Waals surface area contributed by atoms with Gasteiger partial charge in [0.15, 0.2) is 0 Å². The van der Waals surface area contributed by atoms with Crippen molar-refractivity contribution in [2.24, 2.45) is 0 Å². The molecule has 0 bridgehead atoms. The quantitative estimate of drug-likeness (QED) is 0.733. The van der Waals surface area contributed by atoms with Crippen LogP contribution >= 0.6 is 0 Å². The third kappa shape index (κ3) is 3.86. The lowest BCUT2D eigenvalue weighted by Gasteiger charge is -2.20. The molecule has 0 radical (unpaired) electrons. The molecule has 0 unspecified atom stereocenters. The minimum absolute atomic E-state index is 0.526. The van der Waals surface area contributed by atoms with Crippen LogP contribution in [0.1, 0.15) is 26.7 Å². The highest BCUT2D eigenvalue weighted by atomic mass is 16.2. The van der Waals surface area contributed by atoms with Crippen LogP contribution in [0.5, 0.6) is 0 Å². The predicted molar refractivity (Wildman–Crippen MR) is 61.6 cm³/mol. The summed E-state index contributed by atoms with van der Waals surface area (Å²) in [5.41, 5.74) is 2.38. The predicted octanol–water partition coefficient (Wildman–Crippen LogP) is -0.00320. The van der Waals surface area contributed by atoms with Gasteiger partial charge in [-0.2, -0.15) is 0 Å². The Labute approximate surface area is 99.8 Å². The Morgan fingerprint density at radius 3 is 2.18 bits per heavy atom.